The number of hydrogen-bond acceptors (Lipinski definition) is 5. The largest absolute Gasteiger partial charge is 0.315 e. The molecule has 3 rings (SSSR count). The third kappa shape index (κ3) is 3.54. The summed E-state index contributed by atoms with van der Waals surface area (Å²) in [6, 6.07) is 7.26. The second-order valence-corrected chi connectivity index (χ2v) is 7.87. The highest BCUT2D eigenvalue weighted by Gasteiger charge is 2.26. The first-order valence-electron chi connectivity index (χ1n) is 8.39. The Bertz CT molecular complexity index is 1010. The van der Waals surface area contributed by atoms with Crippen LogP contribution in [0.4, 0.5) is 11.5 Å². The van der Waals surface area contributed by atoms with E-state index in [2.05, 4.69) is 28.8 Å². The van der Waals surface area contributed by atoms with Crippen molar-refractivity contribution in [1.29, 1.82) is 0 Å². The maximum absolute atomic E-state index is 12.3. The van der Waals surface area contributed by atoms with E-state index in [4.69, 9.17) is 5.14 Å². The summed E-state index contributed by atoms with van der Waals surface area (Å²) >= 11 is 0. The number of hydrogen-bond donors (Lipinski definition) is 1. The Morgan fingerprint density at radius 2 is 1.85 bits per heavy atom. The molecule has 0 bridgehead atoms. The number of anilines is 2. The van der Waals surface area contributed by atoms with Crippen molar-refractivity contribution in [2.24, 2.45) is 11.1 Å². The fraction of sp³-hybridized carbons (Fsp3) is 0.353. The van der Waals surface area contributed by atoms with Crippen molar-refractivity contribution in [3.8, 4) is 0 Å². The number of aromatic nitrogens is 4. The quantitative estimate of drug-likeness (QED) is 0.713. The van der Waals surface area contributed by atoms with Gasteiger partial charge < -0.3 is 4.57 Å². The summed E-state index contributed by atoms with van der Waals surface area (Å²) in [6.45, 7) is 6.87. The van der Waals surface area contributed by atoms with Crippen LogP contribution in [0.1, 0.15) is 26.3 Å². The first-order valence-corrected chi connectivity index (χ1v) is 9.89. The topological polar surface area (TPSA) is 107 Å². The number of nitrogens with two attached hydrogens (primary N) is 1. The summed E-state index contributed by atoms with van der Waals surface area (Å²) in [7, 11) is -4.10. The second kappa shape index (κ2) is 7.00. The molecule has 0 saturated heterocycles. The van der Waals surface area contributed by atoms with Gasteiger partial charge in [0.05, 0.1) is 12.0 Å². The zero-order valence-electron chi connectivity index (χ0n) is 15.0. The number of imidazole rings is 1. The van der Waals surface area contributed by atoms with Gasteiger partial charge in [-0.25, -0.2) is 24.4 Å². The zero-order valence-corrected chi connectivity index (χ0v) is 15.8. The van der Waals surface area contributed by atoms with Gasteiger partial charge in [-0.15, -0.1) is 0 Å². The molecule has 0 amide bonds. The molecule has 0 aliphatic heterocycles. The van der Waals surface area contributed by atoms with E-state index in [1.165, 1.54) is 6.33 Å². The third-order valence-electron chi connectivity index (χ3n) is 3.98. The van der Waals surface area contributed by atoms with Crippen molar-refractivity contribution in [3.63, 3.8) is 0 Å². The summed E-state index contributed by atoms with van der Waals surface area (Å²) in [5, 5.41) is 5.50. The molecule has 0 radical (unpaired) electrons. The van der Waals surface area contributed by atoms with E-state index in [0.717, 1.165) is 16.3 Å². The third-order valence-corrected chi connectivity index (χ3v) is 4.88. The lowest BCUT2D eigenvalue weighted by atomic mass is 10.0. The molecule has 3 aromatic rings. The summed E-state index contributed by atoms with van der Waals surface area (Å²) in [4.78, 5) is 12.6. The standard InChI is InChI=1S/C17H22N6O2S/c1-4-22-11-21-15-16(22)19-10-20-17(15)23(26(18,24)25)14-7-5-13(6-8-14)9-12(2)3/h5-8,10-12H,4,9H2,1-3H3,(H2,18,24,25). The smallest absolute Gasteiger partial charge is 0.304 e. The van der Waals surface area contributed by atoms with E-state index in [1.807, 2.05) is 23.6 Å². The molecule has 0 aliphatic rings. The van der Waals surface area contributed by atoms with Crippen LogP contribution in [-0.2, 0) is 23.2 Å². The first-order chi connectivity index (χ1) is 12.3. The van der Waals surface area contributed by atoms with Crippen LogP contribution < -0.4 is 9.44 Å². The van der Waals surface area contributed by atoms with Gasteiger partial charge >= 0.3 is 10.2 Å². The summed E-state index contributed by atoms with van der Waals surface area (Å²) in [5.74, 6) is 0.649. The minimum absolute atomic E-state index is 0.140. The van der Waals surface area contributed by atoms with Gasteiger partial charge in [0.1, 0.15) is 6.33 Å². The van der Waals surface area contributed by atoms with Crippen molar-refractivity contribution in [3.05, 3.63) is 42.5 Å². The molecule has 8 nitrogen and oxygen atoms in total. The SMILES string of the molecule is CCn1cnc2c(N(c3ccc(CC(C)C)cc3)S(N)(=O)=O)ncnc21. The van der Waals surface area contributed by atoms with Gasteiger partial charge in [-0.1, -0.05) is 26.0 Å². The average Bonchev–Trinajstić information content (AvgIpc) is 2.99. The normalized spacial score (nSPS) is 12.0. The lowest BCUT2D eigenvalue weighted by molar-refractivity contribution is 0.597. The Labute approximate surface area is 152 Å². The van der Waals surface area contributed by atoms with E-state index < -0.39 is 10.2 Å². The van der Waals surface area contributed by atoms with Gasteiger partial charge in [0.25, 0.3) is 0 Å². The van der Waals surface area contributed by atoms with Gasteiger partial charge in [-0.05, 0) is 37.0 Å². The summed E-state index contributed by atoms with van der Waals surface area (Å²) in [6.07, 6.45) is 3.83. The lowest BCUT2D eigenvalue weighted by Gasteiger charge is -2.21. The molecule has 0 fully saturated rings. The highest BCUT2D eigenvalue weighted by Crippen LogP contribution is 2.30. The molecule has 0 aliphatic carbocycles. The van der Waals surface area contributed by atoms with Crippen molar-refractivity contribution in [1.82, 2.24) is 19.5 Å². The number of nitrogens with zero attached hydrogens (tertiary/aromatic N) is 5. The number of rotatable bonds is 6. The lowest BCUT2D eigenvalue weighted by Crippen LogP contribution is -2.33. The Morgan fingerprint density at radius 3 is 2.42 bits per heavy atom. The molecule has 26 heavy (non-hydrogen) atoms. The van der Waals surface area contributed by atoms with Crippen molar-refractivity contribution in [2.45, 2.75) is 33.7 Å². The number of benzene rings is 1. The van der Waals surface area contributed by atoms with Gasteiger partial charge in [-0.2, -0.15) is 8.42 Å². The predicted molar refractivity (Wildman–Crippen MR) is 101 cm³/mol. The maximum Gasteiger partial charge on any atom is 0.304 e. The first kappa shape index (κ1) is 18.3. The minimum Gasteiger partial charge on any atom is -0.315 e. The molecule has 0 saturated carbocycles. The van der Waals surface area contributed by atoms with Crippen LogP contribution in [-0.4, -0.2) is 27.9 Å². The van der Waals surface area contributed by atoms with Crippen LogP contribution in [0.2, 0.25) is 0 Å². The molecule has 138 valence electrons. The van der Waals surface area contributed by atoms with Crippen LogP contribution in [0.3, 0.4) is 0 Å². The maximum atomic E-state index is 12.3. The van der Waals surface area contributed by atoms with Crippen LogP contribution in [0.25, 0.3) is 11.2 Å². The van der Waals surface area contributed by atoms with Gasteiger partial charge in [-0.3, -0.25) is 0 Å². The van der Waals surface area contributed by atoms with Crippen LogP contribution in [0.15, 0.2) is 36.9 Å². The van der Waals surface area contributed by atoms with Crippen LogP contribution >= 0.6 is 0 Å². The van der Waals surface area contributed by atoms with E-state index in [0.29, 0.717) is 29.3 Å². The molecule has 2 heterocycles. The molecule has 1 aromatic carbocycles. The van der Waals surface area contributed by atoms with Crippen molar-refractivity contribution < 1.29 is 8.42 Å². The number of aryl methyl sites for hydroxylation is 1. The van der Waals surface area contributed by atoms with E-state index >= 15 is 0 Å². The zero-order chi connectivity index (χ0) is 18.9. The van der Waals surface area contributed by atoms with Crippen LogP contribution in [0.5, 0.6) is 0 Å². The summed E-state index contributed by atoms with van der Waals surface area (Å²) < 4.78 is 27.5. The minimum atomic E-state index is -4.10. The highest BCUT2D eigenvalue weighted by atomic mass is 32.2. The molecule has 0 atom stereocenters. The fourth-order valence-electron chi connectivity index (χ4n) is 2.88. The molecule has 9 heteroatoms. The monoisotopic (exact) mass is 374 g/mol. The Balaban J connectivity index is 2.12. The average molecular weight is 374 g/mol. The fourth-order valence-corrected chi connectivity index (χ4v) is 3.67. The van der Waals surface area contributed by atoms with Gasteiger partial charge in [0.2, 0.25) is 0 Å². The van der Waals surface area contributed by atoms with Gasteiger partial charge in [0.15, 0.2) is 17.0 Å². The van der Waals surface area contributed by atoms with Gasteiger partial charge in [0, 0.05) is 6.54 Å². The molecule has 0 unspecified atom stereocenters. The highest BCUT2D eigenvalue weighted by molar-refractivity contribution is 7.90. The Kier molecular flexibility index (Phi) is 4.92. The Morgan fingerprint density at radius 1 is 1.15 bits per heavy atom. The number of fused-ring (bicyclic) bond motifs is 1. The molecule has 2 N–H and O–H groups in total. The van der Waals surface area contributed by atoms with Crippen molar-refractivity contribution in [2.75, 3.05) is 4.31 Å². The van der Waals surface area contributed by atoms with E-state index in [-0.39, 0.29) is 5.82 Å². The van der Waals surface area contributed by atoms with E-state index in [9.17, 15) is 8.42 Å². The molecular weight excluding hydrogens is 352 g/mol. The predicted octanol–water partition coefficient (Wildman–Crippen LogP) is 2.39. The Hall–Kier alpha value is -2.52. The molecular formula is C17H22N6O2S. The second-order valence-electron chi connectivity index (χ2n) is 6.47. The molecule has 0 spiro atoms. The van der Waals surface area contributed by atoms with Crippen LogP contribution in [0, 0.1) is 5.92 Å². The van der Waals surface area contributed by atoms with E-state index in [1.54, 1.807) is 18.5 Å². The summed E-state index contributed by atoms with van der Waals surface area (Å²) in [5.41, 5.74) is 2.48. The molecule has 2 aromatic heterocycles. The van der Waals surface area contributed by atoms with Crippen molar-refractivity contribution >= 4 is 32.9 Å².